The van der Waals surface area contributed by atoms with E-state index in [0.29, 0.717) is 5.92 Å². The lowest BCUT2D eigenvalue weighted by Gasteiger charge is -2.12. The molecular formula is C11H19N3. The van der Waals surface area contributed by atoms with Crippen molar-refractivity contribution in [3.05, 3.63) is 23.5 Å². The second-order valence-electron chi connectivity index (χ2n) is 4.26. The third kappa shape index (κ3) is 3.83. The van der Waals surface area contributed by atoms with Gasteiger partial charge in [-0.1, -0.05) is 13.8 Å². The lowest BCUT2D eigenvalue weighted by Crippen LogP contribution is -2.25. The summed E-state index contributed by atoms with van der Waals surface area (Å²) in [6, 6.07) is 4.18. The molecule has 1 unspecified atom stereocenters. The van der Waals surface area contributed by atoms with Crippen LogP contribution in [-0.2, 0) is 6.42 Å². The van der Waals surface area contributed by atoms with Gasteiger partial charge in [0.15, 0.2) is 0 Å². The van der Waals surface area contributed by atoms with Crippen molar-refractivity contribution in [2.45, 2.75) is 39.7 Å². The number of nitrogens with zero attached hydrogens (tertiary/aromatic N) is 2. The number of hydrogen-bond donors (Lipinski definition) is 1. The Morgan fingerprint density at radius 3 is 2.50 bits per heavy atom. The van der Waals surface area contributed by atoms with E-state index in [1.807, 2.05) is 19.1 Å². The summed E-state index contributed by atoms with van der Waals surface area (Å²) in [6.45, 7) is 6.30. The molecule has 1 heterocycles. The Bertz CT molecular complexity index is 266. The molecular weight excluding hydrogens is 174 g/mol. The van der Waals surface area contributed by atoms with Crippen LogP contribution in [-0.4, -0.2) is 16.2 Å². The molecule has 0 aliphatic rings. The Morgan fingerprint density at radius 2 is 2.00 bits per heavy atom. The highest BCUT2D eigenvalue weighted by atomic mass is 15.1. The van der Waals surface area contributed by atoms with E-state index in [9.17, 15) is 0 Å². The summed E-state index contributed by atoms with van der Waals surface area (Å²) in [7, 11) is 0. The smallest absolute Gasteiger partial charge is 0.0646 e. The molecule has 78 valence electrons. The number of hydrogen-bond acceptors (Lipinski definition) is 3. The molecule has 0 fully saturated rings. The van der Waals surface area contributed by atoms with E-state index in [4.69, 9.17) is 5.73 Å². The third-order valence-electron chi connectivity index (χ3n) is 2.10. The van der Waals surface area contributed by atoms with Crippen molar-refractivity contribution in [2.24, 2.45) is 11.7 Å². The molecule has 0 saturated carbocycles. The lowest BCUT2D eigenvalue weighted by atomic mass is 10.0. The van der Waals surface area contributed by atoms with E-state index in [1.165, 1.54) is 0 Å². The summed E-state index contributed by atoms with van der Waals surface area (Å²) < 4.78 is 0. The topological polar surface area (TPSA) is 51.8 Å². The van der Waals surface area contributed by atoms with Crippen LogP contribution in [0.2, 0.25) is 0 Å². The van der Waals surface area contributed by atoms with Gasteiger partial charge in [-0.2, -0.15) is 10.2 Å². The maximum atomic E-state index is 5.98. The number of aryl methyl sites for hydroxylation is 1. The average Bonchev–Trinajstić information content (AvgIpc) is 2.07. The summed E-state index contributed by atoms with van der Waals surface area (Å²) in [5.74, 6) is 0.642. The van der Waals surface area contributed by atoms with Gasteiger partial charge in [0, 0.05) is 12.5 Å². The van der Waals surface area contributed by atoms with Gasteiger partial charge in [-0.05, 0) is 31.4 Å². The van der Waals surface area contributed by atoms with Gasteiger partial charge in [0.05, 0.1) is 11.4 Å². The van der Waals surface area contributed by atoms with E-state index in [2.05, 4.69) is 24.0 Å². The standard InChI is InChI=1S/C11H19N3/c1-8(2)6-10(12)7-11-5-4-9(3)13-14-11/h4-5,8,10H,6-7,12H2,1-3H3. The quantitative estimate of drug-likeness (QED) is 0.791. The predicted octanol–water partition coefficient (Wildman–Crippen LogP) is 1.70. The van der Waals surface area contributed by atoms with Crippen molar-refractivity contribution in [1.29, 1.82) is 0 Å². The first-order valence-electron chi connectivity index (χ1n) is 5.12. The van der Waals surface area contributed by atoms with Crippen molar-refractivity contribution in [3.63, 3.8) is 0 Å². The summed E-state index contributed by atoms with van der Waals surface area (Å²) >= 11 is 0. The van der Waals surface area contributed by atoms with Crippen molar-refractivity contribution in [1.82, 2.24) is 10.2 Å². The Hall–Kier alpha value is -0.960. The molecule has 0 saturated heterocycles. The van der Waals surface area contributed by atoms with E-state index < -0.39 is 0 Å². The number of nitrogens with two attached hydrogens (primary N) is 1. The van der Waals surface area contributed by atoms with E-state index in [-0.39, 0.29) is 6.04 Å². The SMILES string of the molecule is Cc1ccc(CC(N)CC(C)C)nn1. The minimum Gasteiger partial charge on any atom is -0.327 e. The molecule has 1 rings (SSSR count). The van der Waals surface area contributed by atoms with Crippen LogP contribution in [0, 0.1) is 12.8 Å². The zero-order valence-electron chi connectivity index (χ0n) is 9.20. The van der Waals surface area contributed by atoms with E-state index in [1.54, 1.807) is 0 Å². The molecule has 0 radical (unpaired) electrons. The van der Waals surface area contributed by atoms with Gasteiger partial charge in [-0.25, -0.2) is 0 Å². The summed E-state index contributed by atoms with van der Waals surface area (Å²) in [4.78, 5) is 0. The molecule has 1 atom stereocenters. The van der Waals surface area contributed by atoms with E-state index >= 15 is 0 Å². The van der Waals surface area contributed by atoms with Gasteiger partial charge in [0.25, 0.3) is 0 Å². The molecule has 3 heteroatoms. The molecule has 0 spiro atoms. The molecule has 3 nitrogen and oxygen atoms in total. The first-order valence-corrected chi connectivity index (χ1v) is 5.12. The van der Waals surface area contributed by atoms with Crippen molar-refractivity contribution in [3.8, 4) is 0 Å². The summed E-state index contributed by atoms with van der Waals surface area (Å²) in [6.07, 6.45) is 1.86. The van der Waals surface area contributed by atoms with Crippen LogP contribution in [0.15, 0.2) is 12.1 Å². The van der Waals surface area contributed by atoms with Crippen molar-refractivity contribution >= 4 is 0 Å². The zero-order valence-corrected chi connectivity index (χ0v) is 9.20. The highest BCUT2D eigenvalue weighted by molar-refractivity contribution is 5.06. The largest absolute Gasteiger partial charge is 0.327 e. The van der Waals surface area contributed by atoms with Crippen LogP contribution in [0.4, 0.5) is 0 Å². The van der Waals surface area contributed by atoms with E-state index in [0.717, 1.165) is 24.2 Å². The molecule has 0 aromatic carbocycles. The molecule has 14 heavy (non-hydrogen) atoms. The van der Waals surface area contributed by atoms with Crippen LogP contribution in [0.25, 0.3) is 0 Å². The Labute approximate surface area is 85.7 Å². The monoisotopic (exact) mass is 193 g/mol. The summed E-state index contributed by atoms with van der Waals surface area (Å²) in [5, 5.41) is 8.10. The van der Waals surface area contributed by atoms with Crippen molar-refractivity contribution < 1.29 is 0 Å². The highest BCUT2D eigenvalue weighted by Gasteiger charge is 2.07. The van der Waals surface area contributed by atoms with Gasteiger partial charge in [0.2, 0.25) is 0 Å². The first kappa shape index (κ1) is 11.1. The number of rotatable bonds is 4. The summed E-state index contributed by atoms with van der Waals surface area (Å²) in [5.41, 5.74) is 7.92. The molecule has 0 aliphatic heterocycles. The highest BCUT2D eigenvalue weighted by Crippen LogP contribution is 2.07. The van der Waals surface area contributed by atoms with Crippen molar-refractivity contribution in [2.75, 3.05) is 0 Å². The molecule has 0 aliphatic carbocycles. The first-order chi connectivity index (χ1) is 6.58. The van der Waals surface area contributed by atoms with Crippen LogP contribution in [0.1, 0.15) is 31.7 Å². The number of aromatic nitrogens is 2. The van der Waals surface area contributed by atoms with Gasteiger partial charge in [-0.15, -0.1) is 0 Å². The molecule has 2 N–H and O–H groups in total. The maximum absolute atomic E-state index is 5.98. The Balaban J connectivity index is 2.47. The van der Waals surface area contributed by atoms with Gasteiger partial charge in [-0.3, -0.25) is 0 Å². The minimum atomic E-state index is 0.201. The third-order valence-corrected chi connectivity index (χ3v) is 2.10. The lowest BCUT2D eigenvalue weighted by molar-refractivity contribution is 0.489. The fourth-order valence-corrected chi connectivity index (χ4v) is 1.49. The Morgan fingerprint density at radius 1 is 1.29 bits per heavy atom. The fourth-order valence-electron chi connectivity index (χ4n) is 1.49. The predicted molar refractivity (Wildman–Crippen MR) is 57.9 cm³/mol. The molecule has 1 aromatic rings. The van der Waals surface area contributed by atoms with Gasteiger partial charge in [0.1, 0.15) is 0 Å². The van der Waals surface area contributed by atoms with Crippen LogP contribution in [0.3, 0.4) is 0 Å². The normalized spacial score (nSPS) is 13.2. The second-order valence-corrected chi connectivity index (χ2v) is 4.26. The molecule has 0 amide bonds. The van der Waals surface area contributed by atoms with Gasteiger partial charge < -0.3 is 5.73 Å². The van der Waals surface area contributed by atoms with Crippen LogP contribution >= 0.6 is 0 Å². The van der Waals surface area contributed by atoms with Gasteiger partial charge >= 0.3 is 0 Å². The Kier molecular flexibility index (Phi) is 4.01. The average molecular weight is 193 g/mol. The minimum absolute atomic E-state index is 0.201. The second kappa shape index (κ2) is 5.05. The zero-order chi connectivity index (χ0) is 10.6. The fraction of sp³-hybridized carbons (Fsp3) is 0.636. The van der Waals surface area contributed by atoms with Crippen LogP contribution < -0.4 is 5.73 Å². The molecule has 0 bridgehead atoms. The molecule has 1 aromatic heterocycles. The maximum Gasteiger partial charge on any atom is 0.0646 e. The van der Waals surface area contributed by atoms with Crippen LogP contribution in [0.5, 0.6) is 0 Å².